The molecule has 0 amide bonds. The highest BCUT2D eigenvalue weighted by atomic mass is 19.1. The van der Waals surface area contributed by atoms with Crippen molar-refractivity contribution in [2.75, 3.05) is 20.6 Å². The van der Waals surface area contributed by atoms with Gasteiger partial charge in [0.25, 0.3) is 0 Å². The zero-order valence-electron chi connectivity index (χ0n) is 12.4. The first-order chi connectivity index (χ1) is 10.1. The van der Waals surface area contributed by atoms with E-state index in [1.807, 2.05) is 24.3 Å². The molecular formula is C18H19FN2. The van der Waals surface area contributed by atoms with Crippen LogP contribution in [0, 0.1) is 5.82 Å². The van der Waals surface area contributed by atoms with Gasteiger partial charge in [-0.15, -0.1) is 0 Å². The molecule has 108 valence electrons. The third-order valence-electron chi connectivity index (χ3n) is 3.74. The summed E-state index contributed by atoms with van der Waals surface area (Å²) in [5.74, 6) is -0.188. The second-order valence-electron chi connectivity index (χ2n) is 5.59. The predicted octanol–water partition coefficient (Wildman–Crippen LogP) is 4.08. The molecule has 0 atom stereocenters. The van der Waals surface area contributed by atoms with Crippen LogP contribution in [0.3, 0.4) is 0 Å². The van der Waals surface area contributed by atoms with Crippen LogP contribution in [-0.2, 0) is 6.42 Å². The summed E-state index contributed by atoms with van der Waals surface area (Å²) in [5, 5.41) is 0.982. The van der Waals surface area contributed by atoms with E-state index in [1.54, 1.807) is 6.07 Å². The number of nitrogens with zero attached hydrogens (tertiary/aromatic N) is 1. The van der Waals surface area contributed by atoms with Crippen LogP contribution in [0.4, 0.5) is 4.39 Å². The van der Waals surface area contributed by atoms with Gasteiger partial charge in [0, 0.05) is 23.1 Å². The van der Waals surface area contributed by atoms with Gasteiger partial charge >= 0.3 is 0 Å². The van der Waals surface area contributed by atoms with Crippen LogP contribution in [0.2, 0.25) is 0 Å². The molecule has 2 nitrogen and oxygen atoms in total. The Balaban J connectivity index is 2.16. The second kappa shape index (κ2) is 5.70. The quantitative estimate of drug-likeness (QED) is 0.764. The summed E-state index contributed by atoms with van der Waals surface area (Å²) in [6, 6.07) is 15.2. The number of nitrogens with one attached hydrogen (secondary N) is 1. The number of halogens is 1. The molecule has 2 aromatic carbocycles. The van der Waals surface area contributed by atoms with Crippen molar-refractivity contribution >= 4 is 10.9 Å². The van der Waals surface area contributed by atoms with E-state index >= 15 is 0 Å². The lowest BCUT2D eigenvalue weighted by Gasteiger charge is -2.10. The molecule has 3 heteroatoms. The van der Waals surface area contributed by atoms with Crippen LogP contribution < -0.4 is 0 Å². The summed E-state index contributed by atoms with van der Waals surface area (Å²) < 4.78 is 13.6. The van der Waals surface area contributed by atoms with E-state index in [1.165, 1.54) is 11.6 Å². The highest BCUT2D eigenvalue weighted by Gasteiger charge is 2.13. The van der Waals surface area contributed by atoms with E-state index in [4.69, 9.17) is 0 Å². The van der Waals surface area contributed by atoms with E-state index < -0.39 is 0 Å². The fourth-order valence-corrected chi connectivity index (χ4v) is 2.67. The van der Waals surface area contributed by atoms with Crippen LogP contribution in [0.1, 0.15) is 5.56 Å². The number of likely N-dealkylation sites (N-methyl/N-ethyl adjacent to an activating group) is 1. The van der Waals surface area contributed by atoms with Crippen LogP contribution in [0.15, 0.2) is 48.5 Å². The predicted molar refractivity (Wildman–Crippen MR) is 86.0 cm³/mol. The van der Waals surface area contributed by atoms with Gasteiger partial charge in [0.05, 0.1) is 0 Å². The number of rotatable bonds is 4. The highest BCUT2D eigenvalue weighted by molar-refractivity contribution is 5.90. The molecule has 0 aliphatic carbocycles. The normalized spacial score (nSPS) is 11.4. The molecule has 0 radical (unpaired) electrons. The molecule has 0 saturated carbocycles. The van der Waals surface area contributed by atoms with E-state index in [-0.39, 0.29) is 5.82 Å². The molecule has 0 spiro atoms. The Labute approximate surface area is 124 Å². The SMILES string of the molecule is CN(C)CCc1c(-c2ccccc2)[nH]c2ccc(F)cc12. The molecular weight excluding hydrogens is 263 g/mol. The maximum absolute atomic E-state index is 13.6. The fourth-order valence-electron chi connectivity index (χ4n) is 2.67. The number of benzene rings is 2. The van der Waals surface area contributed by atoms with E-state index in [0.717, 1.165) is 35.1 Å². The van der Waals surface area contributed by atoms with Crippen molar-refractivity contribution in [2.45, 2.75) is 6.42 Å². The number of H-pyrrole nitrogens is 1. The molecule has 0 fully saturated rings. The first kappa shape index (κ1) is 13.8. The molecule has 1 N–H and O–H groups in total. The summed E-state index contributed by atoms with van der Waals surface area (Å²) in [7, 11) is 4.11. The van der Waals surface area contributed by atoms with E-state index in [2.05, 4.69) is 36.1 Å². The Kier molecular flexibility index (Phi) is 3.76. The average Bonchev–Trinajstić information content (AvgIpc) is 2.84. The third kappa shape index (κ3) is 2.83. The molecule has 1 heterocycles. The molecule has 3 rings (SSSR count). The Morgan fingerprint density at radius 2 is 1.81 bits per heavy atom. The monoisotopic (exact) mass is 282 g/mol. The second-order valence-corrected chi connectivity index (χ2v) is 5.59. The maximum atomic E-state index is 13.6. The molecule has 0 aliphatic rings. The largest absolute Gasteiger partial charge is 0.354 e. The van der Waals surface area contributed by atoms with Gasteiger partial charge in [-0.1, -0.05) is 30.3 Å². The van der Waals surface area contributed by atoms with Gasteiger partial charge in [-0.05, 0) is 49.8 Å². The number of aromatic nitrogens is 1. The number of fused-ring (bicyclic) bond motifs is 1. The first-order valence-corrected chi connectivity index (χ1v) is 7.15. The van der Waals surface area contributed by atoms with Crippen LogP contribution in [-0.4, -0.2) is 30.5 Å². The van der Waals surface area contributed by atoms with Crippen LogP contribution in [0.5, 0.6) is 0 Å². The third-order valence-corrected chi connectivity index (χ3v) is 3.74. The van der Waals surface area contributed by atoms with Gasteiger partial charge < -0.3 is 9.88 Å². The smallest absolute Gasteiger partial charge is 0.123 e. The van der Waals surface area contributed by atoms with E-state index in [0.29, 0.717) is 0 Å². The molecule has 1 aromatic heterocycles. The minimum atomic E-state index is -0.188. The molecule has 0 aliphatic heterocycles. The first-order valence-electron chi connectivity index (χ1n) is 7.15. The summed E-state index contributed by atoms with van der Waals surface area (Å²) in [5.41, 5.74) is 4.41. The van der Waals surface area contributed by atoms with Crippen molar-refractivity contribution in [3.8, 4) is 11.3 Å². The lowest BCUT2D eigenvalue weighted by molar-refractivity contribution is 0.414. The minimum Gasteiger partial charge on any atom is -0.354 e. The van der Waals surface area contributed by atoms with Crippen molar-refractivity contribution in [2.24, 2.45) is 0 Å². The zero-order valence-corrected chi connectivity index (χ0v) is 12.4. The van der Waals surface area contributed by atoms with Gasteiger partial charge in [-0.2, -0.15) is 0 Å². The lowest BCUT2D eigenvalue weighted by Crippen LogP contribution is -2.15. The zero-order chi connectivity index (χ0) is 14.8. The summed E-state index contributed by atoms with van der Waals surface area (Å²) in [6.45, 7) is 0.934. The van der Waals surface area contributed by atoms with Gasteiger partial charge in [-0.3, -0.25) is 0 Å². The molecule has 0 unspecified atom stereocenters. The molecule has 0 bridgehead atoms. The molecule has 3 aromatic rings. The van der Waals surface area contributed by atoms with Gasteiger partial charge in [0.15, 0.2) is 0 Å². The van der Waals surface area contributed by atoms with Crippen molar-refractivity contribution in [3.05, 3.63) is 59.9 Å². The standard InChI is InChI=1S/C18H19FN2/c1-21(2)11-10-15-16-12-14(19)8-9-17(16)20-18(15)13-6-4-3-5-7-13/h3-9,12,20H,10-11H2,1-2H3. The Hall–Kier alpha value is -2.13. The summed E-state index contributed by atoms with van der Waals surface area (Å²) >= 11 is 0. The van der Waals surface area contributed by atoms with Crippen molar-refractivity contribution < 1.29 is 4.39 Å². The topological polar surface area (TPSA) is 19.0 Å². The van der Waals surface area contributed by atoms with Gasteiger partial charge in [0.1, 0.15) is 5.82 Å². The van der Waals surface area contributed by atoms with E-state index in [9.17, 15) is 4.39 Å². The van der Waals surface area contributed by atoms with Crippen molar-refractivity contribution in [1.29, 1.82) is 0 Å². The average molecular weight is 282 g/mol. The van der Waals surface area contributed by atoms with Crippen molar-refractivity contribution in [1.82, 2.24) is 9.88 Å². The van der Waals surface area contributed by atoms with Crippen LogP contribution >= 0.6 is 0 Å². The lowest BCUT2D eigenvalue weighted by atomic mass is 10.0. The van der Waals surface area contributed by atoms with Gasteiger partial charge in [-0.25, -0.2) is 4.39 Å². The van der Waals surface area contributed by atoms with Crippen LogP contribution in [0.25, 0.3) is 22.2 Å². The maximum Gasteiger partial charge on any atom is 0.123 e. The minimum absolute atomic E-state index is 0.188. The Morgan fingerprint density at radius 1 is 1.05 bits per heavy atom. The number of aromatic amines is 1. The summed E-state index contributed by atoms with van der Waals surface area (Å²) in [4.78, 5) is 5.59. The molecule has 21 heavy (non-hydrogen) atoms. The molecule has 0 saturated heterocycles. The fraction of sp³-hybridized carbons (Fsp3) is 0.222. The summed E-state index contributed by atoms with van der Waals surface area (Å²) in [6.07, 6.45) is 0.890. The number of hydrogen-bond donors (Lipinski definition) is 1. The Morgan fingerprint density at radius 3 is 2.52 bits per heavy atom. The Bertz CT molecular complexity index is 745. The van der Waals surface area contributed by atoms with Gasteiger partial charge in [0.2, 0.25) is 0 Å². The van der Waals surface area contributed by atoms with Crippen molar-refractivity contribution in [3.63, 3.8) is 0 Å². The number of hydrogen-bond acceptors (Lipinski definition) is 1. The highest BCUT2D eigenvalue weighted by Crippen LogP contribution is 2.31.